The summed E-state index contributed by atoms with van der Waals surface area (Å²) in [5.74, 6) is 0.896. The molecule has 0 bridgehead atoms. The molecule has 0 fully saturated rings. The molecular formula is C45H25B5N2. The first-order valence-corrected chi connectivity index (χ1v) is 17.1. The Hall–Kier alpha value is -5.93. The molecule has 9 rings (SSSR count). The molecule has 52 heavy (non-hydrogen) atoms. The maximum Gasteiger partial charge on any atom is 0.145 e. The number of hydrogen-bond acceptors (Lipinski definition) is 1. The normalized spacial score (nSPS) is 11.5. The van der Waals surface area contributed by atoms with E-state index in [1.807, 2.05) is 36.4 Å². The van der Waals surface area contributed by atoms with Crippen molar-refractivity contribution in [3.8, 4) is 50.5 Å². The van der Waals surface area contributed by atoms with E-state index in [0.29, 0.717) is 16.5 Å². The summed E-state index contributed by atoms with van der Waals surface area (Å²) >= 11 is 0. The largest absolute Gasteiger partial charge is 0.292 e. The highest BCUT2D eigenvalue weighted by Gasteiger charge is 2.20. The Kier molecular flexibility index (Phi) is 7.81. The van der Waals surface area contributed by atoms with Gasteiger partial charge in [-0.2, -0.15) is 0 Å². The molecule has 7 heteroatoms. The molecule has 9 aromatic rings. The molecule has 8 aromatic carbocycles. The average Bonchev–Trinajstić information content (AvgIpc) is 3.59. The molecule has 0 aliphatic heterocycles. The highest BCUT2D eigenvalue weighted by atomic mass is 15.1. The molecule has 0 aliphatic rings. The van der Waals surface area contributed by atoms with Gasteiger partial charge in [-0.15, -0.1) is 16.4 Å². The fourth-order valence-electron chi connectivity index (χ4n) is 7.57. The highest BCUT2D eigenvalue weighted by molar-refractivity contribution is 6.68. The molecule has 0 atom stereocenters. The van der Waals surface area contributed by atoms with E-state index in [4.69, 9.17) is 44.2 Å². The monoisotopic (exact) mass is 648 g/mol. The number of aromatic nitrogens is 2. The van der Waals surface area contributed by atoms with Crippen molar-refractivity contribution in [2.24, 2.45) is 0 Å². The van der Waals surface area contributed by atoms with Crippen LogP contribution < -0.4 is 27.3 Å². The smallest absolute Gasteiger partial charge is 0.145 e. The third-order valence-corrected chi connectivity index (χ3v) is 10.1. The van der Waals surface area contributed by atoms with Crippen molar-refractivity contribution < 1.29 is 0 Å². The van der Waals surface area contributed by atoms with Gasteiger partial charge in [0.25, 0.3) is 0 Å². The standard InChI is InChI=1S/C45H25B5N2/c46-40-39(41(47)43(49)44(50)42(40)48)29-21-24-33-34(25-29)38(26-11-3-1-4-12-26)32-16-8-7-15-31(32)37(33)27-19-22-30(23-20-27)52-36-18-10-9-17-35(36)51-45(52)28-13-5-2-6-14-28/h1-25H. The van der Waals surface area contributed by atoms with Crippen LogP contribution in [0.2, 0.25) is 0 Å². The predicted octanol–water partition coefficient (Wildman–Crippen LogP) is 5.97. The molecule has 0 spiro atoms. The van der Waals surface area contributed by atoms with Gasteiger partial charge < -0.3 is 0 Å². The molecule has 230 valence electrons. The van der Waals surface area contributed by atoms with Crippen LogP contribution in [0.4, 0.5) is 0 Å². The summed E-state index contributed by atoms with van der Waals surface area (Å²) in [6, 6.07) is 52.7. The Morgan fingerprint density at radius 3 is 1.50 bits per heavy atom. The lowest BCUT2D eigenvalue weighted by atomic mass is 9.59. The van der Waals surface area contributed by atoms with Crippen molar-refractivity contribution in [1.82, 2.24) is 9.55 Å². The van der Waals surface area contributed by atoms with E-state index in [-0.39, 0.29) is 16.4 Å². The first kappa shape index (κ1) is 32.0. The van der Waals surface area contributed by atoms with Crippen LogP contribution in [0.5, 0.6) is 0 Å². The summed E-state index contributed by atoms with van der Waals surface area (Å²) in [6.45, 7) is 0. The lowest BCUT2D eigenvalue weighted by molar-refractivity contribution is 1.10. The molecule has 10 radical (unpaired) electrons. The Morgan fingerprint density at radius 2 is 0.846 bits per heavy atom. The SMILES string of the molecule is [B]c1c([B])c([B])c(-c2ccc3c(-c4ccc(-n5c(-c6ccccc6)nc6ccccc65)cc4)c4ccccc4c(-c4ccccc4)c3c2)c([B])c1[B]. The maximum atomic E-state index is 6.58. The second-order valence-electron chi connectivity index (χ2n) is 13.0. The molecule has 0 unspecified atom stereocenters. The number of benzene rings is 8. The van der Waals surface area contributed by atoms with Gasteiger partial charge in [0.2, 0.25) is 0 Å². The van der Waals surface area contributed by atoms with E-state index in [9.17, 15) is 0 Å². The fourth-order valence-corrected chi connectivity index (χ4v) is 7.57. The van der Waals surface area contributed by atoms with Gasteiger partial charge in [0.1, 0.15) is 45.1 Å². The fraction of sp³-hybridized carbons (Fsp3) is 0. The number of nitrogens with zero attached hydrogens (tertiary/aromatic N) is 2. The van der Waals surface area contributed by atoms with Gasteiger partial charge >= 0.3 is 0 Å². The van der Waals surface area contributed by atoms with Crippen LogP contribution in [0.25, 0.3) is 83.0 Å². The van der Waals surface area contributed by atoms with Gasteiger partial charge in [0, 0.05) is 11.3 Å². The number of rotatable bonds is 5. The summed E-state index contributed by atoms with van der Waals surface area (Å²) in [7, 11) is 32.0. The van der Waals surface area contributed by atoms with Crippen LogP contribution in [0.15, 0.2) is 152 Å². The van der Waals surface area contributed by atoms with Crippen molar-refractivity contribution in [1.29, 1.82) is 0 Å². The minimum absolute atomic E-state index is 0.195. The summed E-state index contributed by atoms with van der Waals surface area (Å²) in [5, 5.41) is 4.40. The van der Waals surface area contributed by atoms with Gasteiger partial charge in [-0.05, 0) is 85.3 Å². The zero-order valence-electron chi connectivity index (χ0n) is 28.2. The van der Waals surface area contributed by atoms with E-state index in [2.05, 4.69) is 120 Å². The molecule has 0 saturated carbocycles. The van der Waals surface area contributed by atoms with Crippen molar-refractivity contribution in [2.45, 2.75) is 0 Å². The molecular weight excluding hydrogens is 623 g/mol. The Morgan fingerprint density at radius 1 is 0.365 bits per heavy atom. The molecule has 0 saturated heterocycles. The maximum absolute atomic E-state index is 6.58. The van der Waals surface area contributed by atoms with Gasteiger partial charge in [-0.25, -0.2) is 4.98 Å². The molecule has 0 N–H and O–H groups in total. The lowest BCUT2D eigenvalue weighted by Crippen LogP contribution is -2.55. The van der Waals surface area contributed by atoms with Crippen LogP contribution in [-0.4, -0.2) is 48.8 Å². The summed E-state index contributed by atoms with van der Waals surface area (Å²) in [5.41, 5.74) is 11.1. The Balaban J connectivity index is 1.30. The minimum atomic E-state index is 0.195. The van der Waals surface area contributed by atoms with Crippen LogP contribution in [0.1, 0.15) is 0 Å². The summed E-state index contributed by atoms with van der Waals surface area (Å²) in [6.07, 6.45) is 0. The van der Waals surface area contributed by atoms with Crippen LogP contribution in [0, 0.1) is 0 Å². The quantitative estimate of drug-likeness (QED) is 0.166. The summed E-state index contributed by atoms with van der Waals surface area (Å²) in [4.78, 5) is 5.04. The van der Waals surface area contributed by atoms with E-state index in [1.54, 1.807) is 0 Å². The number of imidazole rings is 1. The molecule has 2 nitrogen and oxygen atoms in total. The lowest BCUT2D eigenvalue weighted by Gasteiger charge is -2.23. The number of hydrogen-bond donors (Lipinski definition) is 0. The number of fused-ring (bicyclic) bond motifs is 3. The zero-order valence-corrected chi connectivity index (χ0v) is 28.2. The first-order valence-electron chi connectivity index (χ1n) is 17.1. The highest BCUT2D eigenvalue weighted by Crippen LogP contribution is 2.45. The zero-order chi connectivity index (χ0) is 35.5. The van der Waals surface area contributed by atoms with E-state index in [1.165, 1.54) is 0 Å². The van der Waals surface area contributed by atoms with E-state index in [0.717, 1.165) is 77.5 Å². The van der Waals surface area contributed by atoms with Crippen molar-refractivity contribution in [3.05, 3.63) is 152 Å². The average molecular weight is 648 g/mol. The second kappa shape index (κ2) is 12.7. The van der Waals surface area contributed by atoms with Crippen LogP contribution in [-0.2, 0) is 0 Å². The van der Waals surface area contributed by atoms with Crippen LogP contribution in [0.3, 0.4) is 0 Å². The third kappa shape index (κ3) is 5.06. The topological polar surface area (TPSA) is 17.8 Å². The van der Waals surface area contributed by atoms with E-state index < -0.39 is 0 Å². The third-order valence-electron chi connectivity index (χ3n) is 10.1. The van der Waals surface area contributed by atoms with E-state index >= 15 is 0 Å². The van der Waals surface area contributed by atoms with Gasteiger partial charge in [0.15, 0.2) is 0 Å². The van der Waals surface area contributed by atoms with Crippen molar-refractivity contribution in [2.75, 3.05) is 0 Å². The molecule has 0 aliphatic carbocycles. The molecule has 1 aromatic heterocycles. The predicted molar refractivity (Wildman–Crippen MR) is 225 cm³/mol. The van der Waals surface area contributed by atoms with Crippen molar-refractivity contribution in [3.63, 3.8) is 0 Å². The molecule has 0 amide bonds. The van der Waals surface area contributed by atoms with Gasteiger partial charge in [0.05, 0.1) is 11.0 Å². The summed E-state index contributed by atoms with van der Waals surface area (Å²) < 4.78 is 2.23. The second-order valence-corrected chi connectivity index (χ2v) is 13.0. The molecule has 1 heterocycles. The van der Waals surface area contributed by atoms with Crippen LogP contribution >= 0.6 is 0 Å². The minimum Gasteiger partial charge on any atom is -0.292 e. The number of para-hydroxylation sites is 2. The van der Waals surface area contributed by atoms with Gasteiger partial charge in [-0.3, -0.25) is 4.57 Å². The van der Waals surface area contributed by atoms with Gasteiger partial charge in [-0.1, -0.05) is 132 Å². The van der Waals surface area contributed by atoms with Crippen molar-refractivity contribution >= 4 is 99.1 Å². The first-order chi connectivity index (χ1) is 25.4. The Labute approximate surface area is 309 Å². The Bertz CT molecular complexity index is 2800.